The van der Waals surface area contributed by atoms with Crippen molar-refractivity contribution in [3.8, 4) is 89.9 Å². The third-order valence-corrected chi connectivity index (χ3v) is 18.9. The number of nitrogens with zero attached hydrogens (tertiary/aromatic N) is 7. The molecule has 1 radical (unpaired) electrons. The number of benzene rings is 10. The Balaban J connectivity index is 0.000000132. The number of rotatable bonds is 6. The Morgan fingerprint density at radius 1 is 0.391 bits per heavy atom. The molecule has 9 nitrogen and oxygen atoms in total. The molecule has 13 heteroatoms. The smallest absolute Gasteiger partial charge is 0.512 e. The topological polar surface area (TPSA) is 100 Å². The molecule has 0 amide bonds. The molecule has 7 aromatic heterocycles. The van der Waals surface area contributed by atoms with E-state index in [4.69, 9.17) is 5.11 Å². The van der Waals surface area contributed by atoms with Crippen LogP contribution in [0.25, 0.3) is 111 Å². The fourth-order valence-electron chi connectivity index (χ4n) is 13.6. The van der Waals surface area contributed by atoms with Gasteiger partial charge in [-0.25, -0.2) is 8.78 Å². The summed E-state index contributed by atoms with van der Waals surface area (Å²) in [7, 11) is 0. The van der Waals surface area contributed by atoms with Crippen LogP contribution >= 0.6 is 0 Å². The maximum atomic E-state index is 14.9. The van der Waals surface area contributed by atoms with E-state index in [1.165, 1.54) is 87.4 Å². The number of fused-ring (bicyclic) bond motifs is 13. The van der Waals surface area contributed by atoms with Crippen LogP contribution in [-0.4, -0.2) is 30.8 Å². The van der Waals surface area contributed by atoms with Crippen LogP contribution in [0, 0.1) is 56.7 Å². The van der Waals surface area contributed by atoms with Crippen LogP contribution in [0.5, 0.6) is 0 Å². The van der Waals surface area contributed by atoms with Crippen molar-refractivity contribution in [2.45, 2.75) is 54.3 Å². The summed E-state index contributed by atoms with van der Waals surface area (Å²) >= 11 is 0. The van der Waals surface area contributed by atoms with Gasteiger partial charge in [0.05, 0.1) is 22.4 Å². The minimum Gasteiger partial charge on any atom is -0.512 e. The third-order valence-electron chi connectivity index (χ3n) is 18.9. The normalized spacial score (nSPS) is 11.0. The molecule has 0 bridgehead atoms. The predicted octanol–water partition coefficient (Wildman–Crippen LogP) is 22.4. The summed E-state index contributed by atoms with van der Waals surface area (Å²) in [5.41, 5.74) is 25.9. The van der Waals surface area contributed by atoms with Gasteiger partial charge in [0, 0.05) is 115 Å². The predicted molar refractivity (Wildman–Crippen MR) is 449 cm³/mol. The SMILES string of the molecule is CC(=O)C=C(C)O.Cc1cc[n+]2c(c1)-c1ccccc1C2.Cc1ccc(C)c(-c2ccc3c(c2)-c2cccc[n+]2C3)c1.Fc1cccc2ccc3c4c(cc(F)c3c12)-c1cccc[n+]1C4.[Ir+3].[Ir].[c-]1ccccc1-c1ccccn1.[c-]1ccccc1-c1ccccn1.[c-]1ccccc1-c1ccccn1.[c-]1ccccc1-c1ccccn1. The number of pyridine rings is 7. The van der Waals surface area contributed by atoms with Gasteiger partial charge in [0.25, 0.3) is 0 Å². The van der Waals surface area contributed by atoms with Gasteiger partial charge in [-0.2, -0.15) is 13.7 Å². The molecule has 3 aliphatic rings. The number of halogens is 2. The summed E-state index contributed by atoms with van der Waals surface area (Å²) in [6.07, 6.45) is 14.6. The van der Waals surface area contributed by atoms with Gasteiger partial charge in [0.15, 0.2) is 44.0 Å². The number of carbonyl (C=O) groups excluding carboxylic acids is 1. The van der Waals surface area contributed by atoms with Gasteiger partial charge >= 0.3 is 20.1 Å². The van der Waals surface area contributed by atoms with Crippen molar-refractivity contribution in [1.29, 1.82) is 0 Å². The van der Waals surface area contributed by atoms with Crippen LogP contribution in [0.4, 0.5) is 8.78 Å². The molecule has 20 rings (SSSR count). The first-order chi connectivity index (χ1) is 55.3. The summed E-state index contributed by atoms with van der Waals surface area (Å²) < 4.78 is 35.9. The number of allylic oxidation sites excluding steroid dienone is 2. The summed E-state index contributed by atoms with van der Waals surface area (Å²) in [6.45, 7) is 12.0. The van der Waals surface area contributed by atoms with E-state index in [1.54, 1.807) is 36.9 Å². The third kappa shape index (κ3) is 21.7. The van der Waals surface area contributed by atoms with Gasteiger partial charge < -0.3 is 25.0 Å². The zero-order chi connectivity index (χ0) is 78.3. The molecule has 10 aromatic carbocycles. The molecule has 567 valence electrons. The van der Waals surface area contributed by atoms with Crippen LogP contribution in [0.2, 0.25) is 0 Å². The van der Waals surface area contributed by atoms with Gasteiger partial charge in [0.1, 0.15) is 11.6 Å². The minimum atomic E-state index is -0.380. The molecule has 0 unspecified atom stereocenters. The minimum absolute atomic E-state index is 0. The fourth-order valence-corrected chi connectivity index (χ4v) is 13.6. The monoisotopic (exact) mass is 1860 g/mol. The molecule has 0 saturated heterocycles. The molecule has 0 atom stereocenters. The van der Waals surface area contributed by atoms with E-state index in [1.807, 2.05) is 212 Å². The van der Waals surface area contributed by atoms with Crippen molar-refractivity contribution in [2.24, 2.45) is 0 Å². The van der Waals surface area contributed by atoms with Crippen LogP contribution in [-0.2, 0) is 64.6 Å². The summed E-state index contributed by atoms with van der Waals surface area (Å²) in [6, 6.07) is 116. The van der Waals surface area contributed by atoms with Crippen molar-refractivity contribution >= 4 is 27.3 Å². The molecular formula is C102H82F2Ir2N7O2+2. The Morgan fingerprint density at radius 3 is 1.35 bits per heavy atom. The second-order valence-corrected chi connectivity index (χ2v) is 27.1. The number of aliphatic hydroxyl groups excluding tert-OH is 1. The average Bonchev–Trinajstić information content (AvgIpc) is 1.67. The molecule has 10 heterocycles. The van der Waals surface area contributed by atoms with E-state index in [2.05, 4.69) is 182 Å². The van der Waals surface area contributed by atoms with E-state index >= 15 is 0 Å². The van der Waals surface area contributed by atoms with Gasteiger partial charge in [-0.15, -0.1) is 144 Å². The Morgan fingerprint density at radius 2 is 0.861 bits per heavy atom. The second kappa shape index (κ2) is 41.1. The first kappa shape index (κ1) is 83.1. The molecule has 1 N–H and O–H groups in total. The summed E-state index contributed by atoms with van der Waals surface area (Å²) in [5.74, 6) is -0.811. The Hall–Kier alpha value is -12.9. The van der Waals surface area contributed by atoms with Crippen molar-refractivity contribution in [3.05, 3.63) is 440 Å². The number of ketones is 1. The molecule has 0 spiro atoms. The first-order valence-corrected chi connectivity index (χ1v) is 37.3. The molecule has 115 heavy (non-hydrogen) atoms. The van der Waals surface area contributed by atoms with Crippen LogP contribution in [0.3, 0.4) is 0 Å². The van der Waals surface area contributed by atoms with Crippen molar-refractivity contribution in [1.82, 2.24) is 19.9 Å². The van der Waals surface area contributed by atoms with Crippen LogP contribution < -0.4 is 13.7 Å². The maximum Gasteiger partial charge on any atom is 3.00 e. The van der Waals surface area contributed by atoms with E-state index in [0.29, 0.717) is 17.3 Å². The van der Waals surface area contributed by atoms with Crippen LogP contribution in [0.15, 0.2) is 371 Å². The maximum absolute atomic E-state index is 14.9. The number of aliphatic hydroxyl groups is 1. The zero-order valence-corrected chi connectivity index (χ0v) is 69.0. The summed E-state index contributed by atoms with van der Waals surface area (Å²) in [4.78, 5) is 26.9. The average molecular weight is 1860 g/mol. The van der Waals surface area contributed by atoms with E-state index < -0.39 is 0 Å². The Labute approximate surface area is 698 Å². The molecular weight excluding hydrogens is 1780 g/mol. The summed E-state index contributed by atoms with van der Waals surface area (Å²) in [5, 5.41) is 10.6. The van der Waals surface area contributed by atoms with Crippen molar-refractivity contribution in [2.75, 3.05) is 0 Å². The quantitative estimate of drug-likeness (QED) is 0.0585. The Bertz CT molecular complexity index is 5620. The standard InChI is InChI=1S/C20H12F2N.C20H18N.C13H12N.4C11H8N.C5H8O2.2Ir/c21-16-5-3-4-12-7-8-13-15-11-23-9-2-1-6-18(23)14(15)10-17(22)20(13)19(12)16;1-14-6-7-15(2)18(11-14)16-8-9-17-13-21-10-4-3-5-20(21)19(17)12-16;1-10-6-7-14-9-11-4-2-3-5-12(11)13(14)8-10;4*1-2-6-10(7-3-1)11-8-4-5-9-12-11;1-4(6)3-5(2)7;;/h1-10H,11H2;3-12H,13H2,1-2H3;2-8H,9H2,1H3;4*1-6,8-9H;3,6H,1-2H3;;/q3*+1;4*-1;;;+3. The zero-order valence-electron chi connectivity index (χ0n) is 64.2. The fraction of sp³-hybridized carbons (Fsp3) is 0.0784. The van der Waals surface area contributed by atoms with E-state index in [-0.39, 0.29) is 63.4 Å². The molecule has 3 aliphatic heterocycles. The number of hydrogen-bond acceptors (Lipinski definition) is 6. The number of aromatic nitrogens is 7. The van der Waals surface area contributed by atoms with E-state index in [0.717, 1.165) is 85.7 Å². The van der Waals surface area contributed by atoms with Gasteiger partial charge in [-0.1, -0.05) is 127 Å². The number of aryl methyl sites for hydroxylation is 3. The van der Waals surface area contributed by atoms with Gasteiger partial charge in [0.2, 0.25) is 17.1 Å². The number of hydrogen-bond donors (Lipinski definition) is 1. The molecule has 0 fully saturated rings. The van der Waals surface area contributed by atoms with Gasteiger partial charge in [-0.05, 0) is 151 Å². The number of carbonyl (C=O) groups is 1. The molecule has 17 aromatic rings. The molecule has 0 saturated carbocycles. The largest absolute Gasteiger partial charge is 3.00 e. The van der Waals surface area contributed by atoms with Crippen molar-refractivity contribution in [3.63, 3.8) is 0 Å². The Kier molecular flexibility index (Phi) is 29.7. The first-order valence-electron chi connectivity index (χ1n) is 37.3. The van der Waals surface area contributed by atoms with E-state index in [9.17, 15) is 13.6 Å². The second-order valence-electron chi connectivity index (χ2n) is 27.1. The van der Waals surface area contributed by atoms with Gasteiger partial charge in [-0.3, -0.25) is 4.79 Å². The van der Waals surface area contributed by atoms with Crippen LogP contribution in [0.1, 0.15) is 47.2 Å². The van der Waals surface area contributed by atoms with Crippen molar-refractivity contribution < 1.29 is 72.6 Å². The molecule has 0 aliphatic carbocycles.